The van der Waals surface area contributed by atoms with Crippen LogP contribution in [0.3, 0.4) is 0 Å². The normalized spacial score (nSPS) is 12.9. The number of hydrogen-bond acceptors (Lipinski definition) is 6. The third-order valence-corrected chi connectivity index (χ3v) is 4.32. The summed E-state index contributed by atoms with van der Waals surface area (Å²) in [5, 5.41) is 0. The zero-order chi connectivity index (χ0) is 21.4. The SMILES string of the molecule is CC=Cc1ccc(O[C@@H](C)[C@@H](OC(C)=O)c2ccc(OC)c(OC)c2)c(OC)c1. The molecular formula is C23H28O6. The minimum absolute atomic E-state index is 0.407. The van der Waals surface area contributed by atoms with Gasteiger partial charge in [-0.2, -0.15) is 0 Å². The molecule has 2 aromatic rings. The van der Waals surface area contributed by atoms with E-state index < -0.39 is 18.2 Å². The summed E-state index contributed by atoms with van der Waals surface area (Å²) in [7, 11) is 4.71. The van der Waals surface area contributed by atoms with Crippen molar-refractivity contribution in [2.45, 2.75) is 33.0 Å². The van der Waals surface area contributed by atoms with Gasteiger partial charge in [0, 0.05) is 12.5 Å². The molecule has 6 heteroatoms. The highest BCUT2D eigenvalue weighted by Crippen LogP contribution is 2.35. The molecule has 2 rings (SSSR count). The van der Waals surface area contributed by atoms with Crippen molar-refractivity contribution < 1.29 is 28.5 Å². The van der Waals surface area contributed by atoms with Gasteiger partial charge in [0.1, 0.15) is 6.10 Å². The van der Waals surface area contributed by atoms with Crippen LogP contribution in [0.5, 0.6) is 23.0 Å². The van der Waals surface area contributed by atoms with E-state index in [0.717, 1.165) is 11.1 Å². The van der Waals surface area contributed by atoms with Crippen molar-refractivity contribution >= 4 is 12.0 Å². The molecule has 156 valence electrons. The lowest BCUT2D eigenvalue weighted by atomic mass is 10.0. The molecule has 0 saturated heterocycles. The molecule has 0 amide bonds. The van der Waals surface area contributed by atoms with Crippen molar-refractivity contribution in [1.82, 2.24) is 0 Å². The van der Waals surface area contributed by atoms with Gasteiger partial charge in [-0.1, -0.05) is 24.3 Å². The second-order valence-electron chi connectivity index (χ2n) is 6.38. The summed E-state index contributed by atoms with van der Waals surface area (Å²) in [4.78, 5) is 11.7. The average molecular weight is 400 g/mol. The molecule has 0 fully saturated rings. The first-order valence-corrected chi connectivity index (χ1v) is 9.30. The number of benzene rings is 2. The minimum atomic E-state index is -0.646. The number of ether oxygens (including phenoxy) is 5. The number of esters is 1. The molecule has 29 heavy (non-hydrogen) atoms. The molecular weight excluding hydrogens is 372 g/mol. The third kappa shape index (κ3) is 5.67. The number of methoxy groups -OCH3 is 3. The van der Waals surface area contributed by atoms with Crippen molar-refractivity contribution in [3.8, 4) is 23.0 Å². The highest BCUT2D eigenvalue weighted by atomic mass is 16.6. The topological polar surface area (TPSA) is 63.2 Å². The van der Waals surface area contributed by atoms with Crippen LogP contribution in [-0.2, 0) is 9.53 Å². The highest BCUT2D eigenvalue weighted by Gasteiger charge is 2.26. The molecule has 0 aliphatic rings. The number of allylic oxidation sites excluding steroid dienone is 1. The van der Waals surface area contributed by atoms with Crippen molar-refractivity contribution in [1.29, 1.82) is 0 Å². The molecule has 0 heterocycles. The first kappa shape index (κ1) is 22.1. The first-order valence-electron chi connectivity index (χ1n) is 9.30. The number of carbonyl (C=O) groups excluding carboxylic acids is 1. The Kier molecular flexibility index (Phi) is 7.95. The predicted octanol–water partition coefficient (Wildman–Crippen LogP) is 4.82. The predicted molar refractivity (Wildman–Crippen MR) is 112 cm³/mol. The zero-order valence-corrected chi connectivity index (χ0v) is 17.7. The van der Waals surface area contributed by atoms with E-state index in [2.05, 4.69) is 0 Å². The molecule has 6 nitrogen and oxygen atoms in total. The maximum absolute atomic E-state index is 11.7. The summed E-state index contributed by atoms with van der Waals surface area (Å²) in [5.74, 6) is 1.89. The standard InChI is InChI=1S/C23H28O6/c1-7-8-17-9-11-20(21(13-17)26-5)28-15(2)23(29-16(3)24)18-10-12-19(25-4)22(14-18)27-6/h7-15,23H,1-6H3/t15-,23+/m0/s1. The van der Waals surface area contributed by atoms with Crippen LogP contribution in [0, 0.1) is 0 Å². The van der Waals surface area contributed by atoms with Crippen LogP contribution in [-0.4, -0.2) is 33.4 Å². The van der Waals surface area contributed by atoms with E-state index in [4.69, 9.17) is 23.7 Å². The Morgan fingerprint density at radius 3 is 2.10 bits per heavy atom. The van der Waals surface area contributed by atoms with Crippen molar-refractivity contribution in [2.24, 2.45) is 0 Å². The Hall–Kier alpha value is -3.15. The Morgan fingerprint density at radius 1 is 0.897 bits per heavy atom. The van der Waals surface area contributed by atoms with Gasteiger partial charge >= 0.3 is 5.97 Å². The van der Waals surface area contributed by atoms with Crippen molar-refractivity contribution in [2.75, 3.05) is 21.3 Å². The van der Waals surface area contributed by atoms with Gasteiger partial charge in [-0.15, -0.1) is 0 Å². The van der Waals surface area contributed by atoms with E-state index >= 15 is 0 Å². The highest BCUT2D eigenvalue weighted by molar-refractivity contribution is 5.66. The maximum Gasteiger partial charge on any atom is 0.303 e. The lowest BCUT2D eigenvalue weighted by molar-refractivity contribution is -0.151. The molecule has 0 aliphatic heterocycles. The van der Waals surface area contributed by atoms with Gasteiger partial charge in [-0.25, -0.2) is 0 Å². The molecule has 2 aromatic carbocycles. The molecule has 0 bridgehead atoms. The van der Waals surface area contributed by atoms with Crippen LogP contribution < -0.4 is 18.9 Å². The van der Waals surface area contributed by atoms with Gasteiger partial charge in [0.2, 0.25) is 0 Å². The Labute approximate surface area is 172 Å². The van der Waals surface area contributed by atoms with E-state index in [1.165, 1.54) is 6.92 Å². The molecule has 0 aromatic heterocycles. The summed E-state index contributed by atoms with van der Waals surface area (Å²) >= 11 is 0. The van der Waals surface area contributed by atoms with Crippen LogP contribution in [0.4, 0.5) is 0 Å². The summed E-state index contributed by atoms with van der Waals surface area (Å²) in [5.41, 5.74) is 1.73. The van der Waals surface area contributed by atoms with Crippen LogP contribution >= 0.6 is 0 Å². The summed E-state index contributed by atoms with van der Waals surface area (Å²) in [6.45, 7) is 5.16. The lowest BCUT2D eigenvalue weighted by Gasteiger charge is -2.26. The molecule has 0 saturated carbocycles. The summed E-state index contributed by atoms with van der Waals surface area (Å²) < 4.78 is 27.8. The fourth-order valence-electron chi connectivity index (χ4n) is 2.98. The maximum atomic E-state index is 11.7. The largest absolute Gasteiger partial charge is 0.493 e. The smallest absolute Gasteiger partial charge is 0.303 e. The van der Waals surface area contributed by atoms with Crippen LogP contribution in [0.15, 0.2) is 42.5 Å². The Morgan fingerprint density at radius 2 is 1.52 bits per heavy atom. The van der Waals surface area contributed by atoms with Crippen molar-refractivity contribution in [3.05, 3.63) is 53.6 Å². The van der Waals surface area contributed by atoms with Gasteiger partial charge < -0.3 is 23.7 Å². The summed E-state index contributed by atoms with van der Waals surface area (Å²) in [6, 6.07) is 11.0. The average Bonchev–Trinajstić information content (AvgIpc) is 2.72. The molecule has 2 atom stereocenters. The van der Waals surface area contributed by atoms with E-state index in [1.807, 2.05) is 50.3 Å². The number of hydrogen-bond donors (Lipinski definition) is 0. The Bertz CT molecular complexity index is 858. The van der Waals surface area contributed by atoms with E-state index in [0.29, 0.717) is 23.0 Å². The first-order chi connectivity index (χ1) is 13.9. The van der Waals surface area contributed by atoms with E-state index in [9.17, 15) is 4.79 Å². The minimum Gasteiger partial charge on any atom is -0.493 e. The number of carbonyl (C=O) groups is 1. The summed E-state index contributed by atoms with van der Waals surface area (Å²) in [6.07, 6.45) is 2.79. The lowest BCUT2D eigenvalue weighted by Crippen LogP contribution is -2.26. The van der Waals surface area contributed by atoms with Crippen LogP contribution in [0.2, 0.25) is 0 Å². The van der Waals surface area contributed by atoms with Gasteiger partial charge in [0.15, 0.2) is 29.1 Å². The molecule has 0 N–H and O–H groups in total. The second kappa shape index (κ2) is 10.4. The molecule has 0 radical (unpaired) electrons. The zero-order valence-electron chi connectivity index (χ0n) is 17.7. The molecule has 0 aliphatic carbocycles. The van der Waals surface area contributed by atoms with E-state index in [-0.39, 0.29) is 0 Å². The van der Waals surface area contributed by atoms with E-state index in [1.54, 1.807) is 33.5 Å². The van der Waals surface area contributed by atoms with Crippen molar-refractivity contribution in [3.63, 3.8) is 0 Å². The molecule has 0 spiro atoms. The molecule has 0 unspecified atom stereocenters. The monoisotopic (exact) mass is 400 g/mol. The van der Waals surface area contributed by atoms with Crippen LogP contribution in [0.25, 0.3) is 6.08 Å². The van der Waals surface area contributed by atoms with Gasteiger partial charge in [0.25, 0.3) is 0 Å². The second-order valence-corrected chi connectivity index (χ2v) is 6.38. The fraction of sp³-hybridized carbons (Fsp3) is 0.348. The van der Waals surface area contributed by atoms with Crippen LogP contribution in [0.1, 0.15) is 38.0 Å². The van der Waals surface area contributed by atoms with Gasteiger partial charge in [-0.05, 0) is 43.7 Å². The quantitative estimate of drug-likeness (QED) is 0.563. The number of rotatable bonds is 9. The van der Waals surface area contributed by atoms with Gasteiger partial charge in [-0.3, -0.25) is 4.79 Å². The Balaban J connectivity index is 2.35. The fourth-order valence-corrected chi connectivity index (χ4v) is 2.98. The third-order valence-electron chi connectivity index (χ3n) is 4.32. The van der Waals surface area contributed by atoms with Gasteiger partial charge in [0.05, 0.1) is 21.3 Å².